The van der Waals surface area contributed by atoms with E-state index in [0.717, 1.165) is 44.6 Å². The van der Waals surface area contributed by atoms with Gasteiger partial charge < -0.3 is 9.13 Å². The summed E-state index contributed by atoms with van der Waals surface area (Å²) >= 11 is 0. The van der Waals surface area contributed by atoms with E-state index in [0.29, 0.717) is 5.82 Å². The third kappa shape index (κ3) is 5.77. The Morgan fingerprint density at radius 3 is 1.58 bits per heavy atom. The van der Waals surface area contributed by atoms with Gasteiger partial charge in [0, 0.05) is 49.4 Å². The molecule has 13 rings (SSSR count). The Labute approximate surface area is 369 Å². The van der Waals surface area contributed by atoms with Crippen molar-refractivity contribution in [2.45, 2.75) is 0 Å². The van der Waals surface area contributed by atoms with E-state index in [4.69, 9.17) is 9.97 Å². The van der Waals surface area contributed by atoms with Crippen molar-refractivity contribution in [3.63, 3.8) is 0 Å². The molecule has 0 bridgehead atoms. The fourth-order valence-electron chi connectivity index (χ4n) is 9.89. The summed E-state index contributed by atoms with van der Waals surface area (Å²) < 4.78 is 4.78. The molecular formula is C60H38N4. The van der Waals surface area contributed by atoms with Crippen LogP contribution in [-0.4, -0.2) is 19.1 Å². The average Bonchev–Trinajstić information content (AvgIpc) is 3.89. The van der Waals surface area contributed by atoms with E-state index < -0.39 is 0 Å². The lowest BCUT2D eigenvalue weighted by Gasteiger charge is -2.12. The zero-order valence-corrected chi connectivity index (χ0v) is 34.7. The molecule has 298 valence electrons. The highest BCUT2D eigenvalue weighted by molar-refractivity contribution is 6.22. The van der Waals surface area contributed by atoms with Crippen LogP contribution in [0.5, 0.6) is 0 Å². The van der Waals surface area contributed by atoms with Crippen LogP contribution in [0.2, 0.25) is 0 Å². The van der Waals surface area contributed by atoms with Crippen molar-refractivity contribution >= 4 is 65.3 Å². The Morgan fingerprint density at radius 2 is 0.797 bits per heavy atom. The number of nitrogens with zero attached hydrogens (tertiary/aromatic N) is 4. The summed E-state index contributed by atoms with van der Waals surface area (Å²) in [6.07, 6.45) is 0. The minimum absolute atomic E-state index is 0.703. The zero-order valence-electron chi connectivity index (χ0n) is 34.7. The van der Waals surface area contributed by atoms with Crippen molar-refractivity contribution in [3.8, 4) is 56.3 Å². The number of aromatic nitrogens is 4. The molecule has 0 aliphatic heterocycles. The highest BCUT2D eigenvalue weighted by Gasteiger charge is 2.19. The molecule has 13 aromatic rings. The summed E-state index contributed by atoms with van der Waals surface area (Å²) in [5.41, 5.74) is 15.6. The van der Waals surface area contributed by atoms with E-state index in [2.05, 4.69) is 228 Å². The maximum atomic E-state index is 5.24. The molecule has 0 saturated heterocycles. The van der Waals surface area contributed by atoms with Crippen LogP contribution >= 0.6 is 0 Å². The van der Waals surface area contributed by atoms with Crippen LogP contribution in [-0.2, 0) is 0 Å². The highest BCUT2D eigenvalue weighted by atomic mass is 15.0. The van der Waals surface area contributed by atoms with Gasteiger partial charge in [-0.3, -0.25) is 0 Å². The lowest BCUT2D eigenvalue weighted by atomic mass is 9.99. The molecule has 0 amide bonds. The SMILES string of the molecule is c1ccc(-c2ccc(-c3nc(-c4ccc(-n5c6ccc(-c7ccc8c(c7)c7ccccc7n8-c7ccccc7)cc6c6c7ccccc7ccc65)cc4)nc4ccccc34)cc2)cc1. The monoisotopic (exact) mass is 814 g/mol. The van der Waals surface area contributed by atoms with Crippen molar-refractivity contribution < 1.29 is 0 Å². The third-order valence-electron chi connectivity index (χ3n) is 12.9. The zero-order chi connectivity index (χ0) is 42.1. The predicted molar refractivity (Wildman–Crippen MR) is 267 cm³/mol. The maximum absolute atomic E-state index is 5.24. The summed E-state index contributed by atoms with van der Waals surface area (Å²) in [6.45, 7) is 0. The number of para-hydroxylation sites is 3. The first kappa shape index (κ1) is 36.1. The number of hydrogen-bond acceptors (Lipinski definition) is 2. The summed E-state index contributed by atoms with van der Waals surface area (Å²) in [5, 5.41) is 8.47. The molecule has 0 unspecified atom stereocenters. The summed E-state index contributed by atoms with van der Waals surface area (Å²) in [5.74, 6) is 0.703. The van der Waals surface area contributed by atoms with E-state index in [1.807, 2.05) is 12.1 Å². The molecule has 0 spiro atoms. The van der Waals surface area contributed by atoms with Crippen molar-refractivity contribution in [1.29, 1.82) is 0 Å². The summed E-state index contributed by atoms with van der Waals surface area (Å²) in [7, 11) is 0. The molecule has 4 heteroatoms. The molecule has 0 saturated carbocycles. The van der Waals surface area contributed by atoms with Gasteiger partial charge in [0.1, 0.15) is 0 Å². The molecular weight excluding hydrogens is 777 g/mol. The van der Waals surface area contributed by atoms with Gasteiger partial charge in [-0.15, -0.1) is 0 Å². The molecule has 4 nitrogen and oxygen atoms in total. The molecule has 3 aromatic heterocycles. The lowest BCUT2D eigenvalue weighted by Crippen LogP contribution is -1.97. The number of hydrogen-bond donors (Lipinski definition) is 0. The Kier molecular flexibility index (Phi) is 8.18. The van der Waals surface area contributed by atoms with Crippen LogP contribution in [0.4, 0.5) is 0 Å². The maximum Gasteiger partial charge on any atom is 0.160 e. The lowest BCUT2D eigenvalue weighted by molar-refractivity contribution is 1.17. The fourth-order valence-corrected chi connectivity index (χ4v) is 9.89. The normalized spacial score (nSPS) is 11.8. The minimum Gasteiger partial charge on any atom is -0.309 e. The second-order valence-corrected chi connectivity index (χ2v) is 16.6. The second kappa shape index (κ2) is 14.5. The molecule has 0 N–H and O–H groups in total. The van der Waals surface area contributed by atoms with Crippen molar-refractivity contribution in [1.82, 2.24) is 19.1 Å². The van der Waals surface area contributed by atoms with Crippen LogP contribution < -0.4 is 0 Å². The van der Waals surface area contributed by atoms with Crippen LogP contribution in [0.3, 0.4) is 0 Å². The Hall–Kier alpha value is -8.60. The second-order valence-electron chi connectivity index (χ2n) is 16.6. The topological polar surface area (TPSA) is 35.6 Å². The quantitative estimate of drug-likeness (QED) is 0.168. The predicted octanol–water partition coefficient (Wildman–Crippen LogP) is 15.6. The summed E-state index contributed by atoms with van der Waals surface area (Å²) in [4.78, 5) is 10.3. The van der Waals surface area contributed by atoms with Crippen molar-refractivity contribution in [3.05, 3.63) is 231 Å². The highest BCUT2D eigenvalue weighted by Crippen LogP contribution is 2.41. The molecule has 0 fully saturated rings. The molecule has 0 atom stereocenters. The van der Waals surface area contributed by atoms with E-state index in [1.54, 1.807) is 0 Å². The standard InChI is InChI=1S/C60H38N4/c1-3-13-39(14-4-1)40-23-25-42(26-24-40)59-50-20-9-11-21-53(50)61-60(62-59)43-27-32-47(33-28-43)64-56-35-31-45(38-52(56)58-48-18-8-7-15-41(48)29-36-57(58)64)44-30-34-55-51(37-44)49-19-10-12-22-54(49)63(55)46-16-5-2-6-17-46/h1-38H. The summed E-state index contributed by atoms with van der Waals surface area (Å²) in [6, 6.07) is 82.8. The molecule has 0 aliphatic rings. The van der Waals surface area contributed by atoms with E-state index >= 15 is 0 Å². The van der Waals surface area contributed by atoms with Gasteiger partial charge in [0.2, 0.25) is 0 Å². The van der Waals surface area contributed by atoms with E-state index in [9.17, 15) is 0 Å². The Morgan fingerprint density at radius 1 is 0.281 bits per heavy atom. The van der Waals surface area contributed by atoms with Gasteiger partial charge in [-0.2, -0.15) is 0 Å². The van der Waals surface area contributed by atoms with Gasteiger partial charge in [-0.1, -0.05) is 152 Å². The van der Waals surface area contributed by atoms with Crippen LogP contribution in [0.1, 0.15) is 0 Å². The first-order valence-electron chi connectivity index (χ1n) is 21.8. The Bertz CT molecular complexity index is 3920. The van der Waals surface area contributed by atoms with Crippen LogP contribution in [0.25, 0.3) is 122 Å². The number of fused-ring (bicyclic) bond motifs is 9. The fraction of sp³-hybridized carbons (Fsp3) is 0. The van der Waals surface area contributed by atoms with E-state index in [1.165, 1.54) is 71.1 Å². The van der Waals surface area contributed by atoms with Gasteiger partial charge in [0.15, 0.2) is 5.82 Å². The number of rotatable bonds is 6. The van der Waals surface area contributed by atoms with Crippen LogP contribution in [0.15, 0.2) is 231 Å². The van der Waals surface area contributed by atoms with Gasteiger partial charge in [-0.05, 0) is 112 Å². The van der Waals surface area contributed by atoms with Crippen LogP contribution in [0, 0.1) is 0 Å². The smallest absolute Gasteiger partial charge is 0.160 e. The van der Waals surface area contributed by atoms with Gasteiger partial charge in [0.25, 0.3) is 0 Å². The average molecular weight is 815 g/mol. The molecule has 0 aliphatic carbocycles. The van der Waals surface area contributed by atoms with Gasteiger partial charge in [0.05, 0.1) is 33.3 Å². The molecule has 0 radical (unpaired) electrons. The van der Waals surface area contributed by atoms with Crippen molar-refractivity contribution in [2.75, 3.05) is 0 Å². The largest absolute Gasteiger partial charge is 0.309 e. The third-order valence-corrected chi connectivity index (χ3v) is 12.9. The molecule has 10 aromatic carbocycles. The van der Waals surface area contributed by atoms with Crippen molar-refractivity contribution in [2.24, 2.45) is 0 Å². The van der Waals surface area contributed by atoms with Gasteiger partial charge in [-0.25, -0.2) is 9.97 Å². The minimum atomic E-state index is 0.703. The Balaban J connectivity index is 0.930. The molecule has 64 heavy (non-hydrogen) atoms. The molecule has 3 heterocycles. The first-order chi connectivity index (χ1) is 31.7. The first-order valence-corrected chi connectivity index (χ1v) is 21.8. The van der Waals surface area contributed by atoms with E-state index in [-0.39, 0.29) is 0 Å². The van der Waals surface area contributed by atoms with Gasteiger partial charge >= 0.3 is 0 Å². The number of benzene rings is 10.